The first-order valence-corrected chi connectivity index (χ1v) is 11.8. The third-order valence-corrected chi connectivity index (χ3v) is 5.89. The third-order valence-electron chi connectivity index (χ3n) is 4.83. The average Bonchev–Trinajstić information content (AvgIpc) is 3.32. The molecule has 33 heavy (non-hydrogen) atoms. The SMILES string of the molecule is O=C(CN(Cc1ccccc1Cl)C(=O)CCC(=O)Nc1nccs1)NCCc1ccccc1. The van der Waals surface area contributed by atoms with Crippen molar-refractivity contribution in [3.8, 4) is 0 Å². The Morgan fingerprint density at radius 1 is 0.970 bits per heavy atom. The molecule has 0 spiro atoms. The van der Waals surface area contributed by atoms with Crippen LogP contribution in [0.1, 0.15) is 24.0 Å². The summed E-state index contributed by atoms with van der Waals surface area (Å²) in [5.74, 6) is -0.871. The van der Waals surface area contributed by atoms with Gasteiger partial charge in [0.05, 0.1) is 6.54 Å². The van der Waals surface area contributed by atoms with E-state index >= 15 is 0 Å². The molecule has 3 aromatic rings. The number of amides is 3. The lowest BCUT2D eigenvalue weighted by Crippen LogP contribution is -2.41. The van der Waals surface area contributed by atoms with Crippen LogP contribution in [0.3, 0.4) is 0 Å². The van der Waals surface area contributed by atoms with Gasteiger partial charge < -0.3 is 15.5 Å². The molecule has 0 atom stereocenters. The second-order valence-electron chi connectivity index (χ2n) is 7.31. The minimum Gasteiger partial charge on any atom is -0.354 e. The Morgan fingerprint density at radius 2 is 1.73 bits per heavy atom. The van der Waals surface area contributed by atoms with Gasteiger partial charge in [-0.05, 0) is 23.6 Å². The standard InChI is InChI=1S/C24H25ClN4O3S/c25-20-9-5-4-8-19(20)16-29(17-22(31)26-13-12-18-6-2-1-3-7-18)23(32)11-10-21(30)28-24-27-14-15-33-24/h1-9,14-15H,10-13,16-17H2,(H,26,31)(H,27,28,30). The van der Waals surface area contributed by atoms with Crippen LogP contribution in [0.15, 0.2) is 66.2 Å². The Kier molecular flexibility index (Phi) is 9.41. The van der Waals surface area contributed by atoms with Crippen LogP contribution in [-0.2, 0) is 27.3 Å². The third kappa shape index (κ3) is 8.32. The Morgan fingerprint density at radius 3 is 2.45 bits per heavy atom. The van der Waals surface area contributed by atoms with Crippen molar-refractivity contribution in [1.29, 1.82) is 0 Å². The van der Waals surface area contributed by atoms with Crippen LogP contribution in [0.25, 0.3) is 0 Å². The number of aromatic nitrogens is 1. The second-order valence-corrected chi connectivity index (χ2v) is 8.61. The van der Waals surface area contributed by atoms with Crippen LogP contribution in [0.5, 0.6) is 0 Å². The molecule has 1 aromatic heterocycles. The molecule has 0 aliphatic heterocycles. The van der Waals surface area contributed by atoms with E-state index in [2.05, 4.69) is 15.6 Å². The number of thiazole rings is 1. The molecule has 0 fully saturated rings. The lowest BCUT2D eigenvalue weighted by molar-refractivity contribution is -0.137. The van der Waals surface area contributed by atoms with E-state index in [9.17, 15) is 14.4 Å². The number of nitrogens with one attached hydrogen (secondary N) is 2. The molecule has 3 amide bonds. The number of benzene rings is 2. The van der Waals surface area contributed by atoms with Crippen LogP contribution >= 0.6 is 22.9 Å². The molecule has 9 heteroatoms. The van der Waals surface area contributed by atoms with E-state index < -0.39 is 0 Å². The van der Waals surface area contributed by atoms with Crippen LogP contribution < -0.4 is 10.6 Å². The lowest BCUT2D eigenvalue weighted by atomic mass is 10.1. The van der Waals surface area contributed by atoms with Gasteiger partial charge in [0.15, 0.2) is 5.13 Å². The average molecular weight is 485 g/mol. The van der Waals surface area contributed by atoms with E-state index in [1.54, 1.807) is 23.7 Å². The summed E-state index contributed by atoms with van der Waals surface area (Å²) in [6, 6.07) is 17.0. The molecule has 7 nitrogen and oxygen atoms in total. The fourth-order valence-electron chi connectivity index (χ4n) is 3.13. The van der Waals surface area contributed by atoms with Crippen LogP contribution in [0, 0.1) is 0 Å². The summed E-state index contributed by atoms with van der Waals surface area (Å²) in [6.45, 7) is 0.527. The zero-order valence-electron chi connectivity index (χ0n) is 18.0. The van der Waals surface area contributed by atoms with Gasteiger partial charge in [0.1, 0.15) is 0 Å². The van der Waals surface area contributed by atoms with Crippen molar-refractivity contribution in [3.05, 3.63) is 82.3 Å². The quantitative estimate of drug-likeness (QED) is 0.431. The monoisotopic (exact) mass is 484 g/mol. The Bertz CT molecular complexity index is 1060. The summed E-state index contributed by atoms with van der Waals surface area (Å²) in [6.07, 6.45) is 2.25. The van der Waals surface area contributed by atoms with Crippen LogP contribution in [0.2, 0.25) is 5.02 Å². The zero-order chi connectivity index (χ0) is 23.5. The fourth-order valence-corrected chi connectivity index (χ4v) is 3.87. The molecule has 172 valence electrons. The van der Waals surface area contributed by atoms with Gasteiger partial charge in [-0.1, -0.05) is 60.1 Å². The molecular formula is C24H25ClN4O3S. The summed E-state index contributed by atoms with van der Waals surface area (Å²) in [5.41, 5.74) is 1.85. The normalized spacial score (nSPS) is 10.5. The molecule has 0 aliphatic carbocycles. The number of carbonyl (C=O) groups is 3. The first kappa shape index (κ1) is 24.4. The van der Waals surface area contributed by atoms with Crippen LogP contribution in [-0.4, -0.2) is 40.7 Å². The Balaban J connectivity index is 1.56. The molecule has 0 aliphatic rings. The number of hydrogen-bond donors (Lipinski definition) is 2. The predicted molar refractivity (Wildman–Crippen MR) is 130 cm³/mol. The summed E-state index contributed by atoms with van der Waals surface area (Å²) in [5, 5.41) is 8.27. The minimum atomic E-state index is -0.303. The van der Waals surface area contributed by atoms with Gasteiger partial charge >= 0.3 is 0 Å². The lowest BCUT2D eigenvalue weighted by Gasteiger charge is -2.23. The highest BCUT2D eigenvalue weighted by Crippen LogP contribution is 2.18. The highest BCUT2D eigenvalue weighted by Gasteiger charge is 2.20. The van der Waals surface area contributed by atoms with Gasteiger partial charge in [0, 0.05) is 42.5 Å². The molecular weight excluding hydrogens is 460 g/mol. The van der Waals surface area contributed by atoms with Crippen molar-refractivity contribution in [2.45, 2.75) is 25.8 Å². The van der Waals surface area contributed by atoms with Crippen LogP contribution in [0.4, 0.5) is 5.13 Å². The van der Waals surface area contributed by atoms with E-state index in [0.29, 0.717) is 23.1 Å². The van der Waals surface area contributed by atoms with E-state index in [1.807, 2.05) is 42.5 Å². The molecule has 2 aromatic carbocycles. The number of anilines is 1. The number of halogens is 1. The molecule has 0 saturated carbocycles. The second kappa shape index (κ2) is 12.7. The number of nitrogens with zero attached hydrogens (tertiary/aromatic N) is 2. The maximum Gasteiger partial charge on any atom is 0.239 e. The first-order chi connectivity index (χ1) is 16.0. The fraction of sp³-hybridized carbons (Fsp3) is 0.250. The summed E-state index contributed by atoms with van der Waals surface area (Å²) in [4.78, 5) is 43.0. The van der Waals surface area contributed by atoms with Crippen molar-refractivity contribution in [2.75, 3.05) is 18.4 Å². The molecule has 1 heterocycles. The molecule has 0 saturated heterocycles. The van der Waals surface area contributed by atoms with Gasteiger partial charge in [-0.3, -0.25) is 14.4 Å². The first-order valence-electron chi connectivity index (χ1n) is 10.5. The number of rotatable bonds is 11. The van der Waals surface area contributed by atoms with Crippen molar-refractivity contribution in [2.24, 2.45) is 0 Å². The van der Waals surface area contributed by atoms with Gasteiger partial charge in [0.2, 0.25) is 17.7 Å². The smallest absolute Gasteiger partial charge is 0.239 e. The largest absolute Gasteiger partial charge is 0.354 e. The topological polar surface area (TPSA) is 91.4 Å². The van der Waals surface area contributed by atoms with Crippen molar-refractivity contribution >= 4 is 45.8 Å². The van der Waals surface area contributed by atoms with E-state index in [4.69, 9.17) is 11.6 Å². The summed E-state index contributed by atoms with van der Waals surface area (Å²) < 4.78 is 0. The molecule has 0 radical (unpaired) electrons. The Labute approximate surface area is 201 Å². The highest BCUT2D eigenvalue weighted by atomic mass is 35.5. The van der Waals surface area contributed by atoms with Gasteiger partial charge in [-0.25, -0.2) is 4.98 Å². The molecule has 0 bridgehead atoms. The van der Waals surface area contributed by atoms with E-state index in [0.717, 1.165) is 11.1 Å². The Hall–Kier alpha value is -3.23. The predicted octanol–water partition coefficient (Wildman–Crippen LogP) is 3.90. The van der Waals surface area contributed by atoms with Crippen molar-refractivity contribution < 1.29 is 14.4 Å². The molecule has 2 N–H and O–H groups in total. The molecule has 0 unspecified atom stereocenters. The zero-order valence-corrected chi connectivity index (χ0v) is 19.6. The van der Waals surface area contributed by atoms with E-state index in [1.165, 1.54) is 16.2 Å². The maximum absolute atomic E-state index is 12.9. The summed E-state index contributed by atoms with van der Waals surface area (Å²) >= 11 is 7.56. The van der Waals surface area contributed by atoms with Gasteiger partial charge in [-0.15, -0.1) is 11.3 Å². The van der Waals surface area contributed by atoms with E-state index in [-0.39, 0.29) is 43.7 Å². The number of hydrogen-bond acceptors (Lipinski definition) is 5. The summed E-state index contributed by atoms with van der Waals surface area (Å²) in [7, 11) is 0. The van der Waals surface area contributed by atoms with Crippen molar-refractivity contribution in [1.82, 2.24) is 15.2 Å². The van der Waals surface area contributed by atoms with Gasteiger partial charge in [0.25, 0.3) is 0 Å². The van der Waals surface area contributed by atoms with Crippen molar-refractivity contribution in [3.63, 3.8) is 0 Å². The molecule has 3 rings (SSSR count). The minimum absolute atomic E-state index is 0.00688. The van der Waals surface area contributed by atoms with Gasteiger partial charge in [-0.2, -0.15) is 0 Å². The highest BCUT2D eigenvalue weighted by molar-refractivity contribution is 7.13. The maximum atomic E-state index is 12.9. The number of carbonyl (C=O) groups excluding carboxylic acids is 3.